The summed E-state index contributed by atoms with van der Waals surface area (Å²) in [7, 11) is 0. The van der Waals surface area contributed by atoms with Crippen molar-refractivity contribution in [1.29, 1.82) is 0 Å². The first-order valence-corrected chi connectivity index (χ1v) is 6.24. The average molecular weight is 254 g/mol. The molecule has 3 nitrogen and oxygen atoms in total. The molecule has 1 aromatic carbocycles. The van der Waals surface area contributed by atoms with Crippen LogP contribution in [0.5, 0.6) is 0 Å². The molecule has 92 valence electrons. The van der Waals surface area contributed by atoms with Gasteiger partial charge >= 0.3 is 0 Å². The number of benzene rings is 1. The second kappa shape index (κ2) is 5.52. The molecular weight excluding hydrogens is 238 g/mol. The van der Waals surface area contributed by atoms with E-state index in [2.05, 4.69) is 0 Å². The van der Waals surface area contributed by atoms with Crippen molar-refractivity contribution in [2.75, 3.05) is 19.7 Å². The molecule has 0 spiro atoms. The zero-order valence-electron chi connectivity index (χ0n) is 9.55. The summed E-state index contributed by atoms with van der Waals surface area (Å²) in [5, 5.41) is 8.43. The zero-order valence-corrected chi connectivity index (χ0v) is 10.3. The highest BCUT2D eigenvalue weighted by molar-refractivity contribution is 6.30. The fourth-order valence-electron chi connectivity index (χ4n) is 2.11. The summed E-state index contributed by atoms with van der Waals surface area (Å²) in [4.78, 5) is 13.9. The predicted octanol–water partition coefficient (Wildman–Crippen LogP) is 1.81. The molecule has 1 amide bonds. The number of alkyl halides is 1. The van der Waals surface area contributed by atoms with E-state index in [1.807, 2.05) is 30.3 Å². The zero-order chi connectivity index (χ0) is 12.3. The van der Waals surface area contributed by atoms with E-state index in [-0.39, 0.29) is 18.4 Å². The minimum Gasteiger partial charge on any atom is -0.396 e. The molecule has 1 saturated heterocycles. The van der Waals surface area contributed by atoms with Gasteiger partial charge in [-0.25, -0.2) is 0 Å². The minimum atomic E-state index is -0.617. The Labute approximate surface area is 106 Å². The van der Waals surface area contributed by atoms with E-state index in [0.29, 0.717) is 13.1 Å². The van der Waals surface area contributed by atoms with Crippen LogP contribution in [0.2, 0.25) is 0 Å². The van der Waals surface area contributed by atoms with Crippen LogP contribution in [-0.2, 0) is 4.79 Å². The van der Waals surface area contributed by atoms with E-state index in [4.69, 9.17) is 16.7 Å². The van der Waals surface area contributed by atoms with Gasteiger partial charge in [0.15, 0.2) is 0 Å². The molecule has 0 saturated carbocycles. The molecule has 1 aliphatic heterocycles. The number of hydrogen-bond acceptors (Lipinski definition) is 2. The molecule has 0 aliphatic carbocycles. The van der Waals surface area contributed by atoms with Gasteiger partial charge in [-0.1, -0.05) is 30.3 Å². The van der Waals surface area contributed by atoms with E-state index in [9.17, 15) is 4.79 Å². The first-order chi connectivity index (χ1) is 8.22. The first kappa shape index (κ1) is 12.4. The van der Waals surface area contributed by atoms with Crippen molar-refractivity contribution in [3.05, 3.63) is 35.9 Å². The van der Waals surface area contributed by atoms with Crippen molar-refractivity contribution >= 4 is 17.5 Å². The Hall–Kier alpha value is -1.06. The normalized spacial score (nSPS) is 21.5. The lowest BCUT2D eigenvalue weighted by molar-refractivity contribution is -0.130. The summed E-state index contributed by atoms with van der Waals surface area (Å²) in [5.74, 6) is 0.146. The van der Waals surface area contributed by atoms with Crippen molar-refractivity contribution < 1.29 is 9.90 Å². The van der Waals surface area contributed by atoms with Crippen LogP contribution in [0.15, 0.2) is 30.3 Å². The second-order valence-electron chi connectivity index (χ2n) is 4.39. The van der Waals surface area contributed by atoms with Gasteiger partial charge in [-0.05, 0) is 12.0 Å². The van der Waals surface area contributed by atoms with Crippen LogP contribution in [0.25, 0.3) is 0 Å². The van der Waals surface area contributed by atoms with Gasteiger partial charge in [0.25, 0.3) is 0 Å². The first-order valence-electron chi connectivity index (χ1n) is 5.81. The quantitative estimate of drug-likeness (QED) is 0.835. The maximum Gasteiger partial charge on any atom is 0.245 e. The van der Waals surface area contributed by atoms with Gasteiger partial charge in [-0.3, -0.25) is 4.79 Å². The molecule has 0 bridgehead atoms. The van der Waals surface area contributed by atoms with Crippen molar-refractivity contribution in [3.8, 4) is 0 Å². The molecule has 1 fully saturated rings. The van der Waals surface area contributed by atoms with Gasteiger partial charge in [0.05, 0.1) is 0 Å². The van der Waals surface area contributed by atoms with E-state index in [1.165, 1.54) is 0 Å². The molecule has 1 aliphatic rings. The fraction of sp³-hybridized carbons (Fsp3) is 0.462. The number of nitrogens with zero attached hydrogens (tertiary/aromatic N) is 1. The van der Waals surface area contributed by atoms with Gasteiger partial charge < -0.3 is 10.0 Å². The predicted molar refractivity (Wildman–Crippen MR) is 66.8 cm³/mol. The Kier molecular flexibility index (Phi) is 4.02. The van der Waals surface area contributed by atoms with Crippen LogP contribution in [0.1, 0.15) is 17.4 Å². The standard InChI is InChI=1S/C13H16ClNO2/c14-12(11-4-2-1-3-5-11)13(17)15-7-6-10(8-15)9-16/h1-5,10,12,16H,6-9H2. The summed E-state index contributed by atoms with van der Waals surface area (Å²) in [6.45, 7) is 1.45. The van der Waals surface area contributed by atoms with Crippen LogP contribution in [0, 0.1) is 5.92 Å². The lowest BCUT2D eigenvalue weighted by atomic mass is 10.1. The van der Waals surface area contributed by atoms with Crippen molar-refractivity contribution in [2.24, 2.45) is 5.92 Å². The molecule has 4 heteroatoms. The Morgan fingerprint density at radius 1 is 1.47 bits per heavy atom. The largest absolute Gasteiger partial charge is 0.396 e. The maximum atomic E-state index is 12.1. The minimum absolute atomic E-state index is 0.0613. The monoisotopic (exact) mass is 253 g/mol. The maximum absolute atomic E-state index is 12.1. The smallest absolute Gasteiger partial charge is 0.245 e. The second-order valence-corrected chi connectivity index (χ2v) is 4.83. The topological polar surface area (TPSA) is 40.5 Å². The van der Waals surface area contributed by atoms with Gasteiger partial charge in [0.1, 0.15) is 5.38 Å². The summed E-state index contributed by atoms with van der Waals surface area (Å²) in [6, 6.07) is 9.36. The Morgan fingerprint density at radius 2 is 2.18 bits per heavy atom. The van der Waals surface area contributed by atoms with E-state index in [1.54, 1.807) is 4.90 Å². The van der Waals surface area contributed by atoms with E-state index in [0.717, 1.165) is 12.0 Å². The van der Waals surface area contributed by atoms with Crippen LogP contribution >= 0.6 is 11.6 Å². The highest BCUT2D eigenvalue weighted by atomic mass is 35.5. The highest BCUT2D eigenvalue weighted by Gasteiger charge is 2.30. The van der Waals surface area contributed by atoms with Gasteiger partial charge in [0.2, 0.25) is 5.91 Å². The SMILES string of the molecule is O=C(C(Cl)c1ccccc1)N1CCC(CO)C1. The highest BCUT2D eigenvalue weighted by Crippen LogP contribution is 2.26. The molecule has 1 heterocycles. The van der Waals surface area contributed by atoms with Crippen molar-refractivity contribution in [2.45, 2.75) is 11.8 Å². The molecule has 17 heavy (non-hydrogen) atoms. The summed E-state index contributed by atoms with van der Waals surface area (Å²) < 4.78 is 0. The van der Waals surface area contributed by atoms with Crippen molar-refractivity contribution in [1.82, 2.24) is 4.90 Å². The Bertz CT molecular complexity index is 382. The number of likely N-dealkylation sites (tertiary alicyclic amines) is 1. The molecule has 1 N–H and O–H groups in total. The number of carbonyl (C=O) groups is 1. The number of hydrogen-bond donors (Lipinski definition) is 1. The molecular formula is C13H16ClNO2. The molecule has 2 atom stereocenters. The number of halogens is 1. The average Bonchev–Trinajstić information content (AvgIpc) is 2.87. The van der Waals surface area contributed by atoms with Crippen LogP contribution in [0.4, 0.5) is 0 Å². The molecule has 2 rings (SSSR count). The molecule has 0 aromatic heterocycles. The number of aliphatic hydroxyl groups excluding tert-OH is 1. The van der Waals surface area contributed by atoms with Crippen LogP contribution in [-0.4, -0.2) is 35.6 Å². The Balaban J connectivity index is 2.01. The van der Waals surface area contributed by atoms with E-state index < -0.39 is 5.38 Å². The van der Waals surface area contributed by atoms with E-state index >= 15 is 0 Å². The fourth-order valence-corrected chi connectivity index (χ4v) is 2.39. The summed E-state index contributed by atoms with van der Waals surface area (Å²) in [5.41, 5.74) is 0.826. The number of carbonyl (C=O) groups excluding carboxylic acids is 1. The third kappa shape index (κ3) is 2.79. The number of rotatable bonds is 3. The van der Waals surface area contributed by atoms with Gasteiger partial charge in [-0.2, -0.15) is 0 Å². The molecule has 0 radical (unpaired) electrons. The lowest BCUT2D eigenvalue weighted by Crippen LogP contribution is -2.31. The summed E-state index contributed by atoms with van der Waals surface area (Å²) >= 11 is 6.17. The number of aliphatic hydroxyl groups is 1. The van der Waals surface area contributed by atoms with Gasteiger partial charge in [0, 0.05) is 25.6 Å². The van der Waals surface area contributed by atoms with Gasteiger partial charge in [-0.15, -0.1) is 11.6 Å². The number of amides is 1. The van der Waals surface area contributed by atoms with Crippen molar-refractivity contribution in [3.63, 3.8) is 0 Å². The Morgan fingerprint density at radius 3 is 2.76 bits per heavy atom. The van der Waals surface area contributed by atoms with Crippen LogP contribution < -0.4 is 0 Å². The molecule has 2 unspecified atom stereocenters. The third-order valence-electron chi connectivity index (χ3n) is 3.16. The van der Waals surface area contributed by atoms with Crippen LogP contribution in [0.3, 0.4) is 0 Å². The molecule has 1 aromatic rings. The summed E-state index contributed by atoms with van der Waals surface area (Å²) in [6.07, 6.45) is 0.862. The lowest BCUT2D eigenvalue weighted by Gasteiger charge is -2.19. The third-order valence-corrected chi connectivity index (χ3v) is 3.60.